The van der Waals surface area contributed by atoms with E-state index < -0.39 is 4.92 Å². The van der Waals surface area contributed by atoms with Gasteiger partial charge < -0.3 is 10.6 Å². The summed E-state index contributed by atoms with van der Waals surface area (Å²) in [5, 5.41) is 16.7. The Labute approximate surface area is 117 Å². The average Bonchev–Trinajstić information content (AvgIpc) is 2.43. The van der Waals surface area contributed by atoms with E-state index in [4.69, 9.17) is 0 Å². The van der Waals surface area contributed by atoms with E-state index in [1.165, 1.54) is 6.07 Å². The Bertz CT molecular complexity index is 532. The summed E-state index contributed by atoms with van der Waals surface area (Å²) in [5.74, 6) is -0.00677. The van der Waals surface area contributed by atoms with Gasteiger partial charge in [0.25, 0.3) is 5.69 Å². The molecule has 1 fully saturated rings. The molecule has 0 spiro atoms. The number of hydrogen-bond acceptors (Lipinski definition) is 5. The molecule has 1 atom stereocenters. The minimum Gasteiger partial charge on any atom is -0.382 e. The molecule has 0 aliphatic carbocycles. The molecular formula is C13H18N4O3. The zero-order valence-corrected chi connectivity index (χ0v) is 11.5. The van der Waals surface area contributed by atoms with Crippen LogP contribution in [0.5, 0.6) is 0 Å². The van der Waals surface area contributed by atoms with E-state index in [0.717, 1.165) is 12.1 Å². The molecule has 0 radical (unpaired) electrons. The normalized spacial score (nSPS) is 19.5. The number of nitrogens with zero attached hydrogens (tertiary/aromatic N) is 2. The van der Waals surface area contributed by atoms with Crippen LogP contribution in [0.25, 0.3) is 0 Å². The number of piperazine rings is 1. The van der Waals surface area contributed by atoms with Crippen molar-refractivity contribution in [1.82, 2.24) is 10.2 Å². The van der Waals surface area contributed by atoms with Crippen LogP contribution >= 0.6 is 0 Å². The molecule has 108 valence electrons. The summed E-state index contributed by atoms with van der Waals surface area (Å²) < 4.78 is 0. The van der Waals surface area contributed by atoms with Crippen LogP contribution in [0.15, 0.2) is 18.2 Å². The molecule has 0 aromatic heterocycles. The van der Waals surface area contributed by atoms with Crippen LogP contribution < -0.4 is 10.6 Å². The summed E-state index contributed by atoms with van der Waals surface area (Å²) in [6.07, 6.45) is 0. The van der Waals surface area contributed by atoms with Crippen LogP contribution in [0.4, 0.5) is 11.4 Å². The largest absolute Gasteiger partial charge is 0.382 e. The lowest BCUT2D eigenvalue weighted by Crippen LogP contribution is -2.53. The van der Waals surface area contributed by atoms with Gasteiger partial charge in [0, 0.05) is 32.7 Å². The lowest BCUT2D eigenvalue weighted by atomic mass is 10.1. The first-order valence-electron chi connectivity index (χ1n) is 6.50. The van der Waals surface area contributed by atoms with Crippen LogP contribution in [0, 0.1) is 10.1 Å². The highest BCUT2D eigenvalue weighted by atomic mass is 16.6. The van der Waals surface area contributed by atoms with Gasteiger partial charge in [0.15, 0.2) is 0 Å². The van der Waals surface area contributed by atoms with Crippen molar-refractivity contribution in [2.24, 2.45) is 0 Å². The van der Waals surface area contributed by atoms with Crippen LogP contribution in [0.2, 0.25) is 0 Å². The molecular weight excluding hydrogens is 260 g/mol. The highest BCUT2D eigenvalue weighted by Gasteiger charge is 2.27. The fourth-order valence-corrected chi connectivity index (χ4v) is 2.42. The molecule has 0 bridgehead atoms. The fraction of sp³-hybridized carbons (Fsp3) is 0.462. The molecule has 1 aliphatic heterocycles. The molecule has 1 heterocycles. The Morgan fingerprint density at radius 3 is 2.95 bits per heavy atom. The molecule has 20 heavy (non-hydrogen) atoms. The Morgan fingerprint density at radius 1 is 1.55 bits per heavy atom. The number of amides is 1. The maximum atomic E-state index is 11.6. The SMILES string of the molecule is CNc1c(CN2CCNC(=O)C2C)cccc1[N+](=O)[O-]. The van der Waals surface area contributed by atoms with E-state index in [1.54, 1.807) is 13.1 Å². The Hall–Kier alpha value is -2.15. The third-order valence-corrected chi connectivity index (χ3v) is 3.57. The standard InChI is InChI=1S/C13H18N4O3/c1-9-13(18)15-6-7-16(9)8-10-4-3-5-11(17(19)20)12(10)14-2/h3-5,9,14H,6-8H2,1-2H3,(H,15,18). The van der Waals surface area contributed by atoms with E-state index in [9.17, 15) is 14.9 Å². The van der Waals surface area contributed by atoms with Crippen LogP contribution in [-0.4, -0.2) is 41.9 Å². The molecule has 0 saturated carbocycles. The monoisotopic (exact) mass is 278 g/mol. The van der Waals surface area contributed by atoms with E-state index in [-0.39, 0.29) is 17.6 Å². The number of benzene rings is 1. The van der Waals surface area contributed by atoms with Crippen molar-refractivity contribution in [3.63, 3.8) is 0 Å². The first-order valence-corrected chi connectivity index (χ1v) is 6.50. The first kappa shape index (κ1) is 14.3. The van der Waals surface area contributed by atoms with Crippen molar-refractivity contribution >= 4 is 17.3 Å². The van der Waals surface area contributed by atoms with Gasteiger partial charge >= 0.3 is 0 Å². The summed E-state index contributed by atoms with van der Waals surface area (Å²) in [6.45, 7) is 3.68. The fourth-order valence-electron chi connectivity index (χ4n) is 2.42. The molecule has 1 saturated heterocycles. The van der Waals surface area contributed by atoms with Crippen molar-refractivity contribution in [1.29, 1.82) is 0 Å². The summed E-state index contributed by atoms with van der Waals surface area (Å²) in [4.78, 5) is 24.3. The molecule has 1 aromatic rings. The Kier molecular flexibility index (Phi) is 4.19. The number of carbonyl (C=O) groups excluding carboxylic acids is 1. The van der Waals surface area contributed by atoms with E-state index in [1.807, 2.05) is 17.9 Å². The summed E-state index contributed by atoms with van der Waals surface area (Å²) >= 11 is 0. The Balaban J connectivity index is 2.27. The Morgan fingerprint density at radius 2 is 2.30 bits per heavy atom. The highest BCUT2D eigenvalue weighted by Crippen LogP contribution is 2.29. The van der Waals surface area contributed by atoms with Gasteiger partial charge in [-0.1, -0.05) is 12.1 Å². The number of rotatable bonds is 4. The molecule has 1 amide bonds. The van der Waals surface area contributed by atoms with Crippen molar-refractivity contribution in [3.8, 4) is 0 Å². The van der Waals surface area contributed by atoms with Crippen LogP contribution in [-0.2, 0) is 11.3 Å². The minimum absolute atomic E-state index is 0.00677. The van der Waals surface area contributed by atoms with Gasteiger partial charge in [-0.25, -0.2) is 0 Å². The van der Waals surface area contributed by atoms with Gasteiger partial charge in [-0.15, -0.1) is 0 Å². The van der Waals surface area contributed by atoms with E-state index >= 15 is 0 Å². The number of nitro groups is 1. The zero-order valence-electron chi connectivity index (χ0n) is 11.5. The number of nitro benzene ring substituents is 1. The number of hydrogen-bond donors (Lipinski definition) is 2. The van der Waals surface area contributed by atoms with Gasteiger partial charge in [-0.2, -0.15) is 0 Å². The zero-order chi connectivity index (χ0) is 14.7. The first-order chi connectivity index (χ1) is 9.54. The quantitative estimate of drug-likeness (QED) is 0.632. The van der Waals surface area contributed by atoms with Gasteiger partial charge in [-0.05, 0) is 12.5 Å². The third kappa shape index (κ3) is 2.72. The van der Waals surface area contributed by atoms with Gasteiger partial charge in [0.1, 0.15) is 5.69 Å². The number of para-hydroxylation sites is 1. The van der Waals surface area contributed by atoms with E-state index in [0.29, 0.717) is 18.8 Å². The average molecular weight is 278 g/mol. The second kappa shape index (κ2) is 5.87. The van der Waals surface area contributed by atoms with Gasteiger partial charge in [-0.3, -0.25) is 19.8 Å². The lowest BCUT2D eigenvalue weighted by molar-refractivity contribution is -0.384. The van der Waals surface area contributed by atoms with Crippen molar-refractivity contribution < 1.29 is 9.72 Å². The highest BCUT2D eigenvalue weighted by molar-refractivity contribution is 5.82. The number of nitrogens with one attached hydrogen (secondary N) is 2. The molecule has 7 nitrogen and oxygen atoms in total. The second-order valence-corrected chi connectivity index (χ2v) is 4.76. The van der Waals surface area contributed by atoms with E-state index in [2.05, 4.69) is 10.6 Å². The predicted molar refractivity (Wildman–Crippen MR) is 75.5 cm³/mol. The molecule has 1 unspecified atom stereocenters. The predicted octanol–water partition coefficient (Wildman–Crippen LogP) is 0.957. The lowest BCUT2D eigenvalue weighted by Gasteiger charge is -2.33. The van der Waals surface area contributed by atoms with Gasteiger partial charge in [0.2, 0.25) is 5.91 Å². The van der Waals surface area contributed by atoms with Gasteiger partial charge in [0.05, 0.1) is 11.0 Å². The summed E-state index contributed by atoms with van der Waals surface area (Å²) in [5.41, 5.74) is 1.39. The second-order valence-electron chi connectivity index (χ2n) is 4.76. The molecule has 2 rings (SSSR count). The summed E-state index contributed by atoms with van der Waals surface area (Å²) in [7, 11) is 1.66. The molecule has 2 N–H and O–H groups in total. The molecule has 1 aliphatic rings. The van der Waals surface area contributed by atoms with Crippen molar-refractivity contribution in [2.75, 3.05) is 25.5 Å². The maximum Gasteiger partial charge on any atom is 0.292 e. The van der Waals surface area contributed by atoms with Crippen molar-refractivity contribution in [3.05, 3.63) is 33.9 Å². The molecule has 7 heteroatoms. The smallest absolute Gasteiger partial charge is 0.292 e. The maximum absolute atomic E-state index is 11.6. The summed E-state index contributed by atoms with van der Waals surface area (Å²) in [6, 6.07) is 4.76. The van der Waals surface area contributed by atoms with Crippen LogP contribution in [0.3, 0.4) is 0 Å². The van der Waals surface area contributed by atoms with Crippen molar-refractivity contribution in [2.45, 2.75) is 19.5 Å². The van der Waals surface area contributed by atoms with Crippen LogP contribution in [0.1, 0.15) is 12.5 Å². The topological polar surface area (TPSA) is 87.5 Å². The minimum atomic E-state index is -0.401. The molecule has 1 aromatic carbocycles. The number of anilines is 1. The number of carbonyl (C=O) groups is 1. The third-order valence-electron chi connectivity index (χ3n) is 3.57.